The minimum atomic E-state index is -2.46. The summed E-state index contributed by atoms with van der Waals surface area (Å²) < 4.78 is 11.0. The van der Waals surface area contributed by atoms with E-state index in [1.807, 2.05) is 54.6 Å². The second-order valence-electron chi connectivity index (χ2n) is 9.29. The van der Waals surface area contributed by atoms with Gasteiger partial charge < -0.3 is 29.1 Å². The molecule has 3 N–H and O–H groups in total. The van der Waals surface area contributed by atoms with Gasteiger partial charge in [0.05, 0.1) is 0 Å². The summed E-state index contributed by atoms with van der Waals surface area (Å²) in [5, 5.41) is 10.4. The maximum atomic E-state index is 10.4. The van der Waals surface area contributed by atoms with Crippen LogP contribution < -0.4 is 9.26 Å². The summed E-state index contributed by atoms with van der Waals surface area (Å²) in [5.41, 5.74) is 5.48. The molecule has 0 bridgehead atoms. The number of likely N-dealkylation sites (tertiary alicyclic amines) is 1. The second kappa shape index (κ2) is 13.7. The number of piperidine rings is 1. The molecule has 0 saturated carbocycles. The molecule has 0 aliphatic carbocycles. The third kappa shape index (κ3) is 7.88. The summed E-state index contributed by atoms with van der Waals surface area (Å²) in [6, 6.07) is 25.7. The fraction of sp³-hybridized carbons (Fsp3) is 0.333. The lowest BCUT2D eigenvalue weighted by Gasteiger charge is -2.28. The van der Waals surface area contributed by atoms with Crippen molar-refractivity contribution in [1.29, 1.82) is 0 Å². The average molecular weight is 522 g/mol. The van der Waals surface area contributed by atoms with Gasteiger partial charge in [-0.3, -0.25) is 0 Å². The lowest BCUT2D eigenvalue weighted by molar-refractivity contribution is 0.0617. The normalized spacial score (nSPS) is 15.8. The Hall–Kier alpha value is -2.73. The Labute approximate surface area is 220 Å². The molecule has 1 aliphatic heterocycles. The Morgan fingerprint density at radius 2 is 1.41 bits per heavy atom. The van der Waals surface area contributed by atoms with Crippen LogP contribution in [-0.4, -0.2) is 52.1 Å². The minimum absolute atomic E-state index is 0.266. The topological polar surface area (TPSA) is 82.4 Å². The zero-order valence-corrected chi connectivity index (χ0v) is 22.2. The van der Waals surface area contributed by atoms with Gasteiger partial charge in [0.15, 0.2) is 0 Å². The van der Waals surface area contributed by atoms with Crippen LogP contribution in [0.25, 0.3) is 11.1 Å². The number of benzene rings is 3. The highest BCUT2D eigenvalue weighted by atomic mass is 31.2. The highest BCUT2D eigenvalue weighted by Crippen LogP contribution is 2.37. The Balaban J connectivity index is 1.55. The molecule has 3 aromatic carbocycles. The second-order valence-corrected chi connectivity index (χ2v) is 9.98. The van der Waals surface area contributed by atoms with E-state index in [0.29, 0.717) is 12.3 Å². The first-order valence-corrected chi connectivity index (χ1v) is 14.1. The zero-order chi connectivity index (χ0) is 26.0. The molecular weight excluding hydrogens is 485 g/mol. The molecule has 0 aromatic heterocycles. The predicted octanol–water partition coefficient (Wildman–Crippen LogP) is 5.87. The smallest absolute Gasteiger partial charge is 0.391 e. The number of hydrogen-bond donors (Lipinski definition) is 3. The van der Waals surface area contributed by atoms with E-state index in [0.717, 1.165) is 47.5 Å². The molecular formula is C30H36NO5P. The van der Waals surface area contributed by atoms with Gasteiger partial charge in [-0.2, -0.15) is 0 Å². The number of aliphatic hydroxyl groups is 1. The third-order valence-electron chi connectivity index (χ3n) is 6.61. The number of rotatable bonds is 11. The number of hydrogen-bond acceptors (Lipinski definition) is 6. The fourth-order valence-electron chi connectivity index (χ4n) is 4.86. The molecule has 0 radical (unpaired) electrons. The summed E-state index contributed by atoms with van der Waals surface area (Å²) in [5.74, 6) is 1.13. The molecule has 0 amide bonds. The van der Waals surface area contributed by atoms with Crippen molar-refractivity contribution in [1.82, 2.24) is 4.90 Å². The molecule has 6 nitrogen and oxygen atoms in total. The maximum Gasteiger partial charge on any atom is 0.391 e. The number of nitrogens with zero attached hydrogens (tertiary/aromatic N) is 1. The van der Waals surface area contributed by atoms with Crippen LogP contribution in [0, 0.1) is 0 Å². The third-order valence-corrected chi connectivity index (χ3v) is 6.98. The van der Waals surface area contributed by atoms with E-state index < -0.39 is 14.7 Å². The summed E-state index contributed by atoms with van der Waals surface area (Å²) in [7, 11) is -2.46. The predicted molar refractivity (Wildman–Crippen MR) is 149 cm³/mol. The number of β-amino-alcohol motifs (C(OH)–C–C–N with tert-alkyl or cyclic N) is 1. The van der Waals surface area contributed by atoms with Crippen LogP contribution in [-0.2, 0) is 0 Å². The Kier molecular flexibility index (Phi) is 10.1. The van der Waals surface area contributed by atoms with Gasteiger partial charge in [-0.25, -0.2) is 0 Å². The van der Waals surface area contributed by atoms with Crippen molar-refractivity contribution in [2.24, 2.45) is 0 Å². The van der Waals surface area contributed by atoms with Gasteiger partial charge >= 0.3 is 8.60 Å². The van der Waals surface area contributed by atoms with Crippen molar-refractivity contribution >= 4 is 19.7 Å². The maximum absolute atomic E-state index is 10.4. The Morgan fingerprint density at radius 3 is 1.97 bits per heavy atom. The van der Waals surface area contributed by atoms with Gasteiger partial charge in [-0.05, 0) is 84.5 Å². The van der Waals surface area contributed by atoms with Crippen molar-refractivity contribution in [2.45, 2.75) is 38.7 Å². The van der Waals surface area contributed by atoms with E-state index in [1.165, 1.54) is 24.8 Å². The van der Waals surface area contributed by atoms with Gasteiger partial charge in [-0.15, -0.1) is 0 Å². The molecule has 3 aromatic rings. The Bertz CT molecular complexity index is 1130. The van der Waals surface area contributed by atoms with Gasteiger partial charge in [-0.1, -0.05) is 67.9 Å². The SMILES string of the molecule is CC/C(=C(/c1ccc(OCC(O)CN2CCCCC2)cc1)c1ccc(OP(O)O)cc1)c1ccccc1. The average Bonchev–Trinajstić information content (AvgIpc) is 2.92. The van der Waals surface area contributed by atoms with Crippen molar-refractivity contribution < 1.29 is 24.2 Å². The van der Waals surface area contributed by atoms with Crippen molar-refractivity contribution in [3.63, 3.8) is 0 Å². The molecule has 196 valence electrons. The first-order valence-electron chi connectivity index (χ1n) is 12.9. The molecule has 1 unspecified atom stereocenters. The summed E-state index contributed by atoms with van der Waals surface area (Å²) in [6.07, 6.45) is 4.00. The quantitative estimate of drug-likeness (QED) is 0.216. The van der Waals surface area contributed by atoms with Crippen LogP contribution in [0.5, 0.6) is 11.5 Å². The lowest BCUT2D eigenvalue weighted by Crippen LogP contribution is -2.38. The van der Waals surface area contributed by atoms with Gasteiger partial charge in [0.1, 0.15) is 24.2 Å². The number of allylic oxidation sites excluding steroid dienone is 1. The molecule has 1 atom stereocenters. The summed E-state index contributed by atoms with van der Waals surface area (Å²) >= 11 is 0. The van der Waals surface area contributed by atoms with Crippen molar-refractivity contribution in [2.75, 3.05) is 26.2 Å². The van der Waals surface area contributed by atoms with Crippen LogP contribution in [0.4, 0.5) is 0 Å². The highest BCUT2D eigenvalue weighted by Gasteiger charge is 2.16. The van der Waals surface area contributed by atoms with Crippen LogP contribution in [0.3, 0.4) is 0 Å². The van der Waals surface area contributed by atoms with E-state index in [2.05, 4.69) is 24.0 Å². The van der Waals surface area contributed by atoms with Gasteiger partial charge in [0.2, 0.25) is 0 Å². The number of aliphatic hydroxyl groups excluding tert-OH is 1. The number of ether oxygens (including phenoxy) is 1. The largest absolute Gasteiger partial charge is 0.491 e. The van der Waals surface area contributed by atoms with Crippen LogP contribution in [0.2, 0.25) is 0 Å². The minimum Gasteiger partial charge on any atom is -0.491 e. The van der Waals surface area contributed by atoms with Crippen LogP contribution in [0.15, 0.2) is 78.9 Å². The van der Waals surface area contributed by atoms with E-state index >= 15 is 0 Å². The van der Waals surface area contributed by atoms with E-state index in [4.69, 9.17) is 9.26 Å². The van der Waals surface area contributed by atoms with E-state index in [-0.39, 0.29) is 6.61 Å². The lowest BCUT2D eigenvalue weighted by atomic mass is 9.88. The first-order chi connectivity index (χ1) is 18.0. The molecule has 1 saturated heterocycles. The van der Waals surface area contributed by atoms with Crippen LogP contribution in [0.1, 0.15) is 49.3 Å². The van der Waals surface area contributed by atoms with Gasteiger partial charge in [0.25, 0.3) is 0 Å². The summed E-state index contributed by atoms with van der Waals surface area (Å²) in [4.78, 5) is 20.7. The summed E-state index contributed by atoms with van der Waals surface area (Å²) in [6.45, 7) is 5.16. The fourth-order valence-corrected chi connectivity index (χ4v) is 5.17. The molecule has 1 heterocycles. The van der Waals surface area contributed by atoms with Crippen LogP contribution >= 0.6 is 8.60 Å². The van der Waals surface area contributed by atoms with Gasteiger partial charge in [0, 0.05) is 6.54 Å². The molecule has 4 rings (SSSR count). The van der Waals surface area contributed by atoms with Crippen molar-refractivity contribution in [3.05, 3.63) is 95.6 Å². The molecule has 7 heteroatoms. The van der Waals surface area contributed by atoms with E-state index in [9.17, 15) is 14.9 Å². The molecule has 1 aliphatic rings. The first kappa shape index (κ1) is 27.3. The molecule has 1 fully saturated rings. The Morgan fingerprint density at radius 1 is 0.811 bits per heavy atom. The zero-order valence-electron chi connectivity index (χ0n) is 21.3. The monoisotopic (exact) mass is 521 g/mol. The highest BCUT2D eigenvalue weighted by molar-refractivity contribution is 7.39. The van der Waals surface area contributed by atoms with Crippen molar-refractivity contribution in [3.8, 4) is 11.5 Å². The molecule has 37 heavy (non-hydrogen) atoms. The van der Waals surface area contributed by atoms with E-state index in [1.54, 1.807) is 12.1 Å². The molecule has 0 spiro atoms. The standard InChI is InChI=1S/C30H36NO5P/c1-2-29(23-9-5-3-6-10-23)30(25-13-17-28(18-14-25)36-37(33)34)24-11-15-27(16-12-24)35-22-26(32)21-31-19-7-4-8-20-31/h3,5-6,9-18,26,32-34H,2,4,7-8,19-22H2,1H3/b30-29+.